The lowest BCUT2D eigenvalue weighted by atomic mass is 9.80. The van der Waals surface area contributed by atoms with Crippen molar-refractivity contribution in [3.8, 4) is 0 Å². The lowest BCUT2D eigenvalue weighted by Gasteiger charge is -2.49. The van der Waals surface area contributed by atoms with Gasteiger partial charge in [0.25, 0.3) is 0 Å². The Morgan fingerprint density at radius 3 is 2.61 bits per heavy atom. The first-order valence-corrected chi connectivity index (χ1v) is 12.0. The number of nitrogens with one attached hydrogen (secondary N) is 1. The number of carbonyl (C=O) groups excluding carboxylic acids is 2. The van der Waals surface area contributed by atoms with Crippen molar-refractivity contribution < 1.29 is 14.3 Å². The molecule has 0 radical (unpaired) electrons. The topological polar surface area (TPSA) is 82.4 Å². The van der Waals surface area contributed by atoms with Crippen LogP contribution in [-0.4, -0.2) is 82.8 Å². The fourth-order valence-corrected chi connectivity index (χ4v) is 5.51. The molecule has 0 bridgehead atoms. The number of rotatable bonds is 5. The van der Waals surface area contributed by atoms with E-state index < -0.39 is 0 Å². The molecule has 5 heterocycles. The zero-order chi connectivity index (χ0) is 23.0. The van der Waals surface area contributed by atoms with Gasteiger partial charge in [-0.1, -0.05) is 0 Å². The van der Waals surface area contributed by atoms with Crippen LogP contribution in [0, 0.1) is 5.92 Å². The van der Waals surface area contributed by atoms with Crippen LogP contribution in [-0.2, 0) is 16.1 Å². The second kappa shape index (κ2) is 9.04. The molecule has 3 amide bonds. The van der Waals surface area contributed by atoms with Gasteiger partial charge < -0.3 is 4.74 Å². The van der Waals surface area contributed by atoms with E-state index in [2.05, 4.69) is 46.2 Å². The van der Waals surface area contributed by atoms with Crippen molar-refractivity contribution in [1.29, 1.82) is 0 Å². The number of fused-ring (bicyclic) bond motifs is 1. The molecule has 9 heteroatoms. The quantitative estimate of drug-likeness (QED) is 0.745. The number of anilines is 1. The third-order valence-corrected chi connectivity index (χ3v) is 7.72. The predicted octanol–water partition coefficient (Wildman–Crippen LogP) is 2.10. The number of nitrogens with zero attached hydrogens (tertiary/aromatic N) is 5. The number of pyridine rings is 1. The third-order valence-electron chi connectivity index (χ3n) is 7.72. The summed E-state index contributed by atoms with van der Waals surface area (Å²) in [7, 11) is 0. The summed E-state index contributed by atoms with van der Waals surface area (Å²) >= 11 is 0. The summed E-state index contributed by atoms with van der Waals surface area (Å²) in [5.41, 5.74) is 3.04. The lowest BCUT2D eigenvalue weighted by molar-refractivity contribution is -0.120. The maximum absolute atomic E-state index is 12.3. The average molecular weight is 455 g/mol. The van der Waals surface area contributed by atoms with Crippen LogP contribution in [0.2, 0.25) is 0 Å². The van der Waals surface area contributed by atoms with E-state index in [1.165, 1.54) is 5.56 Å². The van der Waals surface area contributed by atoms with E-state index >= 15 is 0 Å². The van der Waals surface area contributed by atoms with Crippen molar-refractivity contribution in [3.05, 3.63) is 30.1 Å². The van der Waals surface area contributed by atoms with Crippen molar-refractivity contribution in [3.63, 3.8) is 0 Å². The summed E-state index contributed by atoms with van der Waals surface area (Å²) in [6.45, 7) is 12.1. The van der Waals surface area contributed by atoms with Crippen LogP contribution in [0.5, 0.6) is 0 Å². The molecule has 0 atom stereocenters. The molecule has 9 nitrogen and oxygen atoms in total. The molecule has 0 aromatic carbocycles. The predicted molar refractivity (Wildman–Crippen MR) is 125 cm³/mol. The summed E-state index contributed by atoms with van der Waals surface area (Å²) in [6, 6.07) is 3.83. The van der Waals surface area contributed by atoms with Crippen LogP contribution in [0.25, 0.3) is 5.52 Å². The van der Waals surface area contributed by atoms with Gasteiger partial charge in [-0.05, 0) is 50.3 Å². The van der Waals surface area contributed by atoms with E-state index in [9.17, 15) is 9.59 Å². The van der Waals surface area contributed by atoms with Gasteiger partial charge in [-0.3, -0.25) is 24.8 Å². The Balaban J connectivity index is 1.24. The molecule has 3 fully saturated rings. The van der Waals surface area contributed by atoms with Crippen molar-refractivity contribution in [1.82, 2.24) is 24.7 Å². The number of imide groups is 1. The number of piperazine rings is 1. The fraction of sp³-hybridized carbons (Fsp3) is 0.625. The Labute approximate surface area is 194 Å². The number of hydrogen-bond acceptors (Lipinski definition) is 6. The van der Waals surface area contributed by atoms with Crippen molar-refractivity contribution >= 4 is 23.1 Å². The molecule has 2 aromatic rings. The molecule has 0 unspecified atom stereocenters. The minimum Gasteiger partial charge on any atom is -0.381 e. The van der Waals surface area contributed by atoms with Crippen LogP contribution in [0.15, 0.2) is 24.5 Å². The smallest absolute Gasteiger partial charge is 0.328 e. The summed E-state index contributed by atoms with van der Waals surface area (Å²) in [5, 5.41) is 6.79. The minimum absolute atomic E-state index is 0.206. The monoisotopic (exact) mass is 454 g/mol. The number of amides is 3. The number of urea groups is 1. The molecular weight excluding hydrogens is 420 g/mol. The van der Waals surface area contributed by atoms with Crippen LogP contribution < -0.4 is 10.2 Å². The highest BCUT2D eigenvalue weighted by atomic mass is 16.5. The Bertz CT molecular complexity index is 1020. The molecule has 3 aliphatic heterocycles. The van der Waals surface area contributed by atoms with Gasteiger partial charge in [0.15, 0.2) is 0 Å². The molecule has 5 rings (SSSR count). The highest BCUT2D eigenvalue weighted by molar-refractivity contribution is 6.07. The first-order chi connectivity index (χ1) is 15.9. The normalized spacial score (nSPS) is 22.2. The summed E-state index contributed by atoms with van der Waals surface area (Å²) in [6.07, 6.45) is 6.27. The zero-order valence-corrected chi connectivity index (χ0v) is 19.6. The molecule has 3 saturated heterocycles. The van der Waals surface area contributed by atoms with Crippen molar-refractivity contribution in [2.45, 2.75) is 45.2 Å². The maximum Gasteiger partial charge on any atom is 0.328 e. The Morgan fingerprint density at radius 1 is 1.12 bits per heavy atom. The van der Waals surface area contributed by atoms with Crippen molar-refractivity contribution in [2.75, 3.05) is 50.8 Å². The number of hydrogen-bond donors (Lipinski definition) is 1. The van der Waals surface area contributed by atoms with Gasteiger partial charge in [-0.15, -0.1) is 0 Å². The highest BCUT2D eigenvalue weighted by Gasteiger charge is 2.37. The number of ether oxygens (including phenoxy) is 1. The number of carbonyl (C=O) groups is 2. The van der Waals surface area contributed by atoms with Crippen LogP contribution >= 0.6 is 0 Å². The summed E-state index contributed by atoms with van der Waals surface area (Å²) in [5.74, 6) is 0.468. The van der Waals surface area contributed by atoms with Gasteiger partial charge in [-0.2, -0.15) is 5.10 Å². The van der Waals surface area contributed by atoms with E-state index in [0.717, 1.165) is 70.0 Å². The molecule has 0 aliphatic carbocycles. The van der Waals surface area contributed by atoms with Gasteiger partial charge >= 0.3 is 6.03 Å². The van der Waals surface area contributed by atoms with Crippen molar-refractivity contribution in [2.24, 2.45) is 5.92 Å². The standard InChI is InChI=1S/C24H34N6O3/c1-24(2,19-5-13-33-14-6-19)28-11-9-27(10-12-28)17-18-3-8-30-20(15-18)21(16-25-30)29-7-4-22(31)26-23(29)32/h3,8,15-16,19H,4-7,9-14,17H2,1-2H3,(H,26,31,32). The highest BCUT2D eigenvalue weighted by Crippen LogP contribution is 2.33. The van der Waals surface area contributed by atoms with E-state index in [0.29, 0.717) is 18.9 Å². The van der Waals surface area contributed by atoms with Crippen LogP contribution in [0.4, 0.5) is 10.5 Å². The maximum atomic E-state index is 12.3. The third kappa shape index (κ3) is 4.49. The van der Waals surface area contributed by atoms with E-state index in [1.807, 2.05) is 6.20 Å². The second-order valence-corrected chi connectivity index (χ2v) is 9.95. The lowest BCUT2D eigenvalue weighted by Crippen LogP contribution is -2.57. The van der Waals surface area contributed by atoms with E-state index in [-0.39, 0.29) is 17.5 Å². The van der Waals surface area contributed by atoms with Gasteiger partial charge in [0.1, 0.15) is 0 Å². The Kier molecular flexibility index (Phi) is 6.11. The Morgan fingerprint density at radius 2 is 1.88 bits per heavy atom. The Hall–Kier alpha value is -2.49. The first kappa shape index (κ1) is 22.3. The minimum atomic E-state index is -0.380. The fourth-order valence-electron chi connectivity index (χ4n) is 5.51. The van der Waals surface area contributed by atoms with Gasteiger partial charge in [0.05, 0.1) is 17.4 Å². The number of aromatic nitrogens is 2. The van der Waals surface area contributed by atoms with E-state index in [1.54, 1.807) is 15.6 Å². The SMILES string of the molecule is CC(C)(C1CCOCC1)N1CCN(Cc2ccn3ncc(N4CCC(=O)NC4=O)c3c2)CC1. The average Bonchev–Trinajstić information content (AvgIpc) is 3.23. The zero-order valence-electron chi connectivity index (χ0n) is 19.6. The molecular formula is C24H34N6O3. The molecule has 0 spiro atoms. The van der Waals surface area contributed by atoms with Gasteiger partial charge in [-0.25, -0.2) is 9.31 Å². The molecule has 178 valence electrons. The summed E-state index contributed by atoms with van der Waals surface area (Å²) in [4.78, 5) is 30.6. The molecule has 33 heavy (non-hydrogen) atoms. The first-order valence-electron chi connectivity index (χ1n) is 12.0. The molecule has 3 aliphatic rings. The van der Waals surface area contributed by atoms with Gasteiger partial charge in [0.2, 0.25) is 5.91 Å². The summed E-state index contributed by atoms with van der Waals surface area (Å²) < 4.78 is 7.36. The molecule has 2 aromatic heterocycles. The van der Waals surface area contributed by atoms with Crippen LogP contribution in [0.3, 0.4) is 0 Å². The van der Waals surface area contributed by atoms with E-state index in [4.69, 9.17) is 4.74 Å². The molecule has 1 N–H and O–H groups in total. The largest absolute Gasteiger partial charge is 0.381 e. The van der Waals surface area contributed by atoms with Crippen LogP contribution in [0.1, 0.15) is 38.7 Å². The van der Waals surface area contributed by atoms with Gasteiger partial charge in [0, 0.05) is 70.6 Å². The molecule has 0 saturated carbocycles. The second-order valence-electron chi connectivity index (χ2n) is 9.95.